The minimum atomic E-state index is -0.182. The Labute approximate surface area is 189 Å². The lowest BCUT2D eigenvalue weighted by Crippen LogP contribution is -2.55. The molecule has 0 bridgehead atoms. The molecule has 158 valence electrons. The maximum absolute atomic E-state index is 13.6. The molecular formula is C23H19Cl2N3O3. The van der Waals surface area contributed by atoms with Crippen LogP contribution in [0.4, 0.5) is 11.4 Å². The van der Waals surface area contributed by atoms with Gasteiger partial charge in [0.05, 0.1) is 35.7 Å². The molecule has 8 heteroatoms. The number of carbonyl (C=O) groups excluding carboxylic acids is 1. The molecule has 0 radical (unpaired) electrons. The van der Waals surface area contributed by atoms with Gasteiger partial charge >= 0.3 is 0 Å². The molecule has 0 aliphatic carbocycles. The van der Waals surface area contributed by atoms with Crippen molar-refractivity contribution >= 4 is 40.5 Å². The highest BCUT2D eigenvalue weighted by Gasteiger charge is 2.34. The summed E-state index contributed by atoms with van der Waals surface area (Å²) in [5.74, 6) is 0.347. The van der Waals surface area contributed by atoms with E-state index in [1.165, 1.54) is 0 Å². The molecule has 0 saturated carbocycles. The van der Waals surface area contributed by atoms with Crippen molar-refractivity contribution in [3.8, 4) is 11.6 Å². The largest absolute Gasteiger partial charge is 0.437 e. The van der Waals surface area contributed by atoms with E-state index in [9.17, 15) is 4.79 Å². The summed E-state index contributed by atoms with van der Waals surface area (Å²) in [6, 6.07) is 16.6. The van der Waals surface area contributed by atoms with Crippen LogP contribution in [0.25, 0.3) is 0 Å². The molecule has 1 fully saturated rings. The average molecular weight is 456 g/mol. The summed E-state index contributed by atoms with van der Waals surface area (Å²) in [6.45, 7) is 2.71. The summed E-state index contributed by atoms with van der Waals surface area (Å²) in [4.78, 5) is 22.0. The highest BCUT2D eigenvalue weighted by Crippen LogP contribution is 2.38. The molecule has 0 unspecified atom stereocenters. The van der Waals surface area contributed by atoms with E-state index in [1.54, 1.807) is 41.4 Å². The fourth-order valence-electron chi connectivity index (χ4n) is 3.82. The SMILES string of the molecule is O=C(c1cccnc1Oc1cc(Cl)ccc1Cl)N1CCN(C2COC2)c2ccccc21. The molecule has 5 rings (SSSR count). The Morgan fingerprint density at radius 1 is 1.03 bits per heavy atom. The summed E-state index contributed by atoms with van der Waals surface area (Å²) in [5.41, 5.74) is 2.25. The summed E-state index contributed by atoms with van der Waals surface area (Å²) in [5, 5.41) is 0.864. The van der Waals surface area contributed by atoms with Crippen LogP contribution in [-0.4, -0.2) is 43.2 Å². The number of amides is 1. The first-order chi connectivity index (χ1) is 15.1. The average Bonchev–Trinajstić information content (AvgIpc) is 2.75. The molecule has 3 heterocycles. The third-order valence-corrected chi connectivity index (χ3v) is 6.00. The second-order valence-corrected chi connectivity index (χ2v) is 8.21. The number of rotatable bonds is 4. The van der Waals surface area contributed by atoms with Gasteiger partial charge in [-0.2, -0.15) is 0 Å². The Kier molecular flexibility index (Phi) is 5.44. The highest BCUT2D eigenvalue weighted by molar-refractivity contribution is 6.34. The van der Waals surface area contributed by atoms with Gasteiger partial charge in [-0.15, -0.1) is 0 Å². The van der Waals surface area contributed by atoms with Crippen molar-refractivity contribution in [3.63, 3.8) is 0 Å². The van der Waals surface area contributed by atoms with Crippen LogP contribution in [0.15, 0.2) is 60.8 Å². The van der Waals surface area contributed by atoms with Crippen molar-refractivity contribution in [2.75, 3.05) is 36.1 Å². The fraction of sp³-hybridized carbons (Fsp3) is 0.217. The quantitative estimate of drug-likeness (QED) is 0.550. The van der Waals surface area contributed by atoms with E-state index in [0.717, 1.165) is 17.9 Å². The van der Waals surface area contributed by atoms with Crippen LogP contribution in [0.3, 0.4) is 0 Å². The van der Waals surface area contributed by atoms with E-state index >= 15 is 0 Å². The molecule has 2 aliphatic heterocycles. The van der Waals surface area contributed by atoms with Crippen LogP contribution in [0.5, 0.6) is 11.6 Å². The predicted octanol–water partition coefficient (Wildman–Crippen LogP) is 5.05. The Balaban J connectivity index is 1.47. The lowest BCUT2D eigenvalue weighted by atomic mass is 10.1. The first-order valence-corrected chi connectivity index (χ1v) is 10.7. The predicted molar refractivity (Wildman–Crippen MR) is 121 cm³/mol. The second-order valence-electron chi connectivity index (χ2n) is 7.36. The molecule has 2 aromatic carbocycles. The van der Waals surface area contributed by atoms with Crippen molar-refractivity contribution in [1.82, 2.24) is 4.98 Å². The maximum atomic E-state index is 13.6. The standard InChI is InChI=1S/C23H19Cl2N3O3/c24-15-7-8-18(25)21(12-15)31-22-17(4-3-9-26-22)23(29)28-11-10-27(16-13-30-14-16)19-5-1-2-6-20(19)28/h1-9,12,16H,10-11,13-14H2. The van der Waals surface area contributed by atoms with Gasteiger partial charge in [0, 0.05) is 30.4 Å². The zero-order chi connectivity index (χ0) is 21.4. The number of aromatic nitrogens is 1. The minimum Gasteiger partial charge on any atom is -0.437 e. The number of fused-ring (bicyclic) bond motifs is 1. The van der Waals surface area contributed by atoms with Crippen molar-refractivity contribution in [2.45, 2.75) is 6.04 Å². The fourth-order valence-corrected chi connectivity index (χ4v) is 4.14. The molecule has 0 N–H and O–H groups in total. The van der Waals surface area contributed by atoms with Crippen LogP contribution in [0, 0.1) is 0 Å². The summed E-state index contributed by atoms with van der Waals surface area (Å²) in [7, 11) is 0. The first kappa shape index (κ1) is 20.1. The number of benzene rings is 2. The Hall–Kier alpha value is -2.80. The molecule has 0 spiro atoms. The van der Waals surface area contributed by atoms with Crippen molar-refractivity contribution in [2.24, 2.45) is 0 Å². The van der Waals surface area contributed by atoms with E-state index in [0.29, 0.717) is 47.2 Å². The van der Waals surface area contributed by atoms with Gasteiger partial charge in [0.15, 0.2) is 0 Å². The van der Waals surface area contributed by atoms with E-state index in [1.807, 2.05) is 24.3 Å². The monoisotopic (exact) mass is 455 g/mol. The molecule has 6 nitrogen and oxygen atoms in total. The number of halogens is 2. The number of anilines is 2. The molecule has 1 aromatic heterocycles. The number of pyridine rings is 1. The number of hydrogen-bond acceptors (Lipinski definition) is 5. The number of carbonyl (C=O) groups is 1. The number of nitrogens with zero attached hydrogens (tertiary/aromatic N) is 3. The van der Waals surface area contributed by atoms with Gasteiger partial charge in [-0.05, 0) is 36.4 Å². The van der Waals surface area contributed by atoms with Crippen LogP contribution in [0.2, 0.25) is 10.0 Å². The third-order valence-electron chi connectivity index (χ3n) is 5.45. The van der Waals surface area contributed by atoms with Crippen LogP contribution in [-0.2, 0) is 4.74 Å². The number of hydrogen-bond donors (Lipinski definition) is 0. The maximum Gasteiger partial charge on any atom is 0.263 e. The summed E-state index contributed by atoms with van der Waals surface area (Å²) in [6.07, 6.45) is 1.58. The molecular weight excluding hydrogens is 437 g/mol. The van der Waals surface area contributed by atoms with Crippen LogP contribution in [0.1, 0.15) is 10.4 Å². The lowest BCUT2D eigenvalue weighted by Gasteiger charge is -2.44. The topological polar surface area (TPSA) is 54.9 Å². The van der Waals surface area contributed by atoms with Crippen molar-refractivity contribution in [3.05, 3.63) is 76.4 Å². The Morgan fingerprint density at radius 2 is 1.84 bits per heavy atom. The normalized spacial score (nSPS) is 15.9. The van der Waals surface area contributed by atoms with E-state index in [-0.39, 0.29) is 11.8 Å². The zero-order valence-corrected chi connectivity index (χ0v) is 18.0. The Bertz CT molecular complexity index is 1140. The molecule has 2 aliphatic rings. The van der Waals surface area contributed by atoms with Crippen LogP contribution < -0.4 is 14.5 Å². The molecule has 3 aromatic rings. The van der Waals surface area contributed by atoms with Gasteiger partial charge in [-0.1, -0.05) is 35.3 Å². The van der Waals surface area contributed by atoms with Gasteiger partial charge < -0.3 is 19.3 Å². The zero-order valence-electron chi connectivity index (χ0n) is 16.5. The first-order valence-electron chi connectivity index (χ1n) is 9.95. The third kappa shape index (κ3) is 3.83. The van der Waals surface area contributed by atoms with Gasteiger partial charge in [0.2, 0.25) is 5.88 Å². The van der Waals surface area contributed by atoms with E-state index in [2.05, 4.69) is 9.88 Å². The number of ether oxygens (including phenoxy) is 2. The number of para-hydroxylation sites is 2. The van der Waals surface area contributed by atoms with Gasteiger partial charge in [0.1, 0.15) is 11.3 Å². The lowest BCUT2D eigenvalue weighted by molar-refractivity contribution is 0.00803. The molecule has 31 heavy (non-hydrogen) atoms. The minimum absolute atomic E-state index is 0.182. The van der Waals surface area contributed by atoms with Gasteiger partial charge in [-0.25, -0.2) is 4.98 Å². The van der Waals surface area contributed by atoms with Gasteiger partial charge in [-0.3, -0.25) is 4.79 Å². The summed E-state index contributed by atoms with van der Waals surface area (Å²) >= 11 is 12.3. The van der Waals surface area contributed by atoms with Crippen LogP contribution >= 0.6 is 23.2 Å². The molecule has 1 saturated heterocycles. The molecule has 1 amide bonds. The Morgan fingerprint density at radius 3 is 2.61 bits per heavy atom. The van der Waals surface area contributed by atoms with Crippen molar-refractivity contribution in [1.29, 1.82) is 0 Å². The van der Waals surface area contributed by atoms with E-state index in [4.69, 9.17) is 32.7 Å². The van der Waals surface area contributed by atoms with Gasteiger partial charge in [0.25, 0.3) is 5.91 Å². The van der Waals surface area contributed by atoms with Crippen molar-refractivity contribution < 1.29 is 14.3 Å². The molecule has 0 atom stereocenters. The highest BCUT2D eigenvalue weighted by atomic mass is 35.5. The smallest absolute Gasteiger partial charge is 0.263 e. The second kappa shape index (κ2) is 8.38. The van der Waals surface area contributed by atoms with E-state index < -0.39 is 0 Å². The summed E-state index contributed by atoms with van der Waals surface area (Å²) < 4.78 is 11.3.